The highest BCUT2D eigenvalue weighted by molar-refractivity contribution is 7.98. The molecule has 0 saturated heterocycles. The number of imidazole rings is 1. The summed E-state index contributed by atoms with van der Waals surface area (Å²) < 4.78 is 12.5. The van der Waals surface area contributed by atoms with Gasteiger partial charge in [0.1, 0.15) is 5.75 Å². The number of hydrogen-bond acceptors (Lipinski definition) is 4. The number of ether oxygens (including phenoxy) is 2. The highest BCUT2D eigenvalue weighted by Gasteiger charge is 2.06. The van der Waals surface area contributed by atoms with E-state index in [0.29, 0.717) is 0 Å². The summed E-state index contributed by atoms with van der Waals surface area (Å²) in [6, 6.07) is 10.2. The molecule has 0 aliphatic carbocycles. The predicted octanol–water partition coefficient (Wildman–Crippen LogP) is 3.64. The molecule has 0 N–H and O–H groups in total. The van der Waals surface area contributed by atoms with Crippen LogP contribution in [0.3, 0.4) is 0 Å². The molecule has 3 aromatic rings. The Hall–Kier alpha value is -2.14. The van der Waals surface area contributed by atoms with Crippen LogP contribution in [0.2, 0.25) is 0 Å². The summed E-state index contributed by atoms with van der Waals surface area (Å²) in [6.07, 6.45) is 5.77. The highest BCUT2D eigenvalue weighted by atomic mass is 32.2. The van der Waals surface area contributed by atoms with E-state index in [1.807, 2.05) is 28.8 Å². The molecule has 0 radical (unpaired) electrons. The maximum Gasteiger partial charge on any atom is 0.179 e. The third kappa shape index (κ3) is 2.97. The summed E-state index contributed by atoms with van der Waals surface area (Å²) in [6.45, 7) is 0. The van der Waals surface area contributed by atoms with Crippen LogP contribution in [0.5, 0.6) is 11.5 Å². The third-order valence-electron chi connectivity index (χ3n) is 3.21. The zero-order valence-electron chi connectivity index (χ0n) is 11.9. The van der Waals surface area contributed by atoms with E-state index in [0.717, 1.165) is 27.8 Å². The summed E-state index contributed by atoms with van der Waals surface area (Å²) in [7, 11) is 3.35. The molecule has 5 heteroatoms. The molecule has 0 bridgehead atoms. The van der Waals surface area contributed by atoms with Crippen molar-refractivity contribution < 1.29 is 9.47 Å². The van der Waals surface area contributed by atoms with Crippen LogP contribution in [0.25, 0.3) is 5.65 Å². The largest absolute Gasteiger partial charge is 0.497 e. The van der Waals surface area contributed by atoms with Gasteiger partial charge in [0, 0.05) is 29.2 Å². The number of fused-ring (bicyclic) bond motifs is 1. The fourth-order valence-electron chi connectivity index (χ4n) is 2.09. The summed E-state index contributed by atoms with van der Waals surface area (Å²) in [5.74, 6) is 2.57. The lowest BCUT2D eigenvalue weighted by atomic mass is 10.2. The molecule has 0 saturated carbocycles. The monoisotopic (exact) mass is 300 g/mol. The van der Waals surface area contributed by atoms with Crippen molar-refractivity contribution in [1.82, 2.24) is 9.38 Å². The van der Waals surface area contributed by atoms with Crippen molar-refractivity contribution in [2.75, 3.05) is 14.2 Å². The number of methoxy groups -OCH3 is 2. The quantitative estimate of drug-likeness (QED) is 0.674. The van der Waals surface area contributed by atoms with Crippen molar-refractivity contribution in [1.29, 1.82) is 0 Å². The van der Waals surface area contributed by atoms with E-state index in [2.05, 4.69) is 23.3 Å². The van der Waals surface area contributed by atoms with Crippen LogP contribution in [0.15, 0.2) is 53.8 Å². The summed E-state index contributed by atoms with van der Waals surface area (Å²) >= 11 is 1.77. The van der Waals surface area contributed by atoms with Crippen LogP contribution in [0.4, 0.5) is 0 Å². The minimum Gasteiger partial charge on any atom is -0.497 e. The highest BCUT2D eigenvalue weighted by Crippen LogP contribution is 2.29. The SMILES string of the molecule is COc1ccc(CSc2cc(OC)c3nccn3c2)cc1. The number of pyridine rings is 1. The number of thioether (sulfide) groups is 1. The van der Waals surface area contributed by atoms with Gasteiger partial charge in [-0.05, 0) is 23.8 Å². The van der Waals surface area contributed by atoms with Gasteiger partial charge in [-0.25, -0.2) is 4.98 Å². The number of nitrogens with zero attached hydrogens (tertiary/aromatic N) is 2. The molecule has 0 unspecified atom stereocenters. The van der Waals surface area contributed by atoms with Gasteiger partial charge in [-0.3, -0.25) is 0 Å². The van der Waals surface area contributed by atoms with Gasteiger partial charge >= 0.3 is 0 Å². The summed E-state index contributed by atoms with van der Waals surface area (Å²) in [4.78, 5) is 5.43. The second-order valence-corrected chi connectivity index (χ2v) is 5.59. The van der Waals surface area contributed by atoms with Gasteiger partial charge in [-0.2, -0.15) is 0 Å². The van der Waals surface area contributed by atoms with Crippen LogP contribution in [-0.2, 0) is 5.75 Å². The molecular formula is C16H16N2O2S. The normalized spacial score (nSPS) is 10.8. The fraction of sp³-hybridized carbons (Fsp3) is 0.188. The predicted molar refractivity (Wildman–Crippen MR) is 84.3 cm³/mol. The maximum absolute atomic E-state index is 5.40. The first kappa shape index (κ1) is 13.8. The van der Waals surface area contributed by atoms with Crippen molar-refractivity contribution in [3.63, 3.8) is 0 Å². The van der Waals surface area contributed by atoms with Gasteiger partial charge < -0.3 is 13.9 Å². The molecule has 2 heterocycles. The minimum absolute atomic E-state index is 0.791. The first-order valence-electron chi connectivity index (χ1n) is 6.56. The zero-order valence-corrected chi connectivity index (χ0v) is 12.8. The van der Waals surface area contributed by atoms with Crippen LogP contribution >= 0.6 is 11.8 Å². The molecule has 3 rings (SSSR count). The van der Waals surface area contributed by atoms with E-state index in [1.54, 1.807) is 32.2 Å². The van der Waals surface area contributed by atoms with Gasteiger partial charge in [0.15, 0.2) is 11.4 Å². The van der Waals surface area contributed by atoms with Crippen LogP contribution in [0.1, 0.15) is 5.56 Å². The van der Waals surface area contributed by atoms with Gasteiger partial charge in [-0.1, -0.05) is 12.1 Å². The molecule has 0 amide bonds. The Morgan fingerprint density at radius 2 is 1.95 bits per heavy atom. The average Bonchev–Trinajstić information content (AvgIpc) is 3.01. The molecule has 0 aliphatic heterocycles. The Morgan fingerprint density at radius 3 is 2.67 bits per heavy atom. The van der Waals surface area contributed by atoms with Crippen LogP contribution in [0, 0.1) is 0 Å². The van der Waals surface area contributed by atoms with Crippen molar-refractivity contribution in [3.05, 3.63) is 54.5 Å². The topological polar surface area (TPSA) is 35.8 Å². The Bertz CT molecular complexity index is 738. The van der Waals surface area contributed by atoms with E-state index < -0.39 is 0 Å². The van der Waals surface area contributed by atoms with Crippen molar-refractivity contribution >= 4 is 17.4 Å². The summed E-state index contributed by atoms with van der Waals surface area (Å²) in [5, 5.41) is 0. The molecular weight excluding hydrogens is 284 g/mol. The van der Waals surface area contributed by atoms with Crippen molar-refractivity contribution in [2.24, 2.45) is 0 Å². The Labute approximate surface area is 127 Å². The first-order chi connectivity index (χ1) is 10.3. The fourth-order valence-corrected chi connectivity index (χ4v) is 3.00. The Kier molecular flexibility index (Phi) is 4.01. The van der Waals surface area contributed by atoms with E-state index in [-0.39, 0.29) is 0 Å². The summed E-state index contributed by atoms with van der Waals surface area (Å²) in [5.41, 5.74) is 2.09. The molecule has 0 aliphatic rings. The van der Waals surface area contributed by atoms with E-state index in [4.69, 9.17) is 9.47 Å². The molecule has 0 fully saturated rings. The van der Waals surface area contributed by atoms with Gasteiger partial charge in [0.25, 0.3) is 0 Å². The smallest absolute Gasteiger partial charge is 0.179 e. The Balaban J connectivity index is 1.77. The van der Waals surface area contributed by atoms with Gasteiger partial charge in [0.05, 0.1) is 14.2 Å². The minimum atomic E-state index is 0.791. The number of hydrogen-bond donors (Lipinski definition) is 0. The lowest BCUT2D eigenvalue weighted by molar-refractivity contribution is 0.414. The maximum atomic E-state index is 5.40. The van der Waals surface area contributed by atoms with Crippen molar-refractivity contribution in [3.8, 4) is 11.5 Å². The van der Waals surface area contributed by atoms with E-state index >= 15 is 0 Å². The van der Waals surface area contributed by atoms with Crippen LogP contribution < -0.4 is 9.47 Å². The first-order valence-corrected chi connectivity index (χ1v) is 7.55. The van der Waals surface area contributed by atoms with Crippen molar-refractivity contribution in [2.45, 2.75) is 10.6 Å². The van der Waals surface area contributed by atoms with Gasteiger partial charge in [0.2, 0.25) is 0 Å². The second-order valence-electron chi connectivity index (χ2n) is 4.54. The molecule has 1 aromatic carbocycles. The molecule has 2 aromatic heterocycles. The molecule has 4 nitrogen and oxygen atoms in total. The molecule has 21 heavy (non-hydrogen) atoms. The number of benzene rings is 1. The second kappa shape index (κ2) is 6.10. The number of rotatable bonds is 5. The lowest BCUT2D eigenvalue weighted by Gasteiger charge is -2.07. The van der Waals surface area contributed by atoms with E-state index in [1.165, 1.54) is 5.56 Å². The standard InChI is InChI=1S/C16H16N2O2S/c1-19-13-5-3-12(4-6-13)11-21-14-9-15(20-2)16-17-7-8-18(16)10-14/h3-10H,11H2,1-2H3. The van der Waals surface area contributed by atoms with Crippen LogP contribution in [-0.4, -0.2) is 23.6 Å². The van der Waals surface area contributed by atoms with E-state index in [9.17, 15) is 0 Å². The zero-order chi connectivity index (χ0) is 14.7. The van der Waals surface area contributed by atoms with Gasteiger partial charge in [-0.15, -0.1) is 11.8 Å². The average molecular weight is 300 g/mol. The molecule has 0 spiro atoms. The lowest BCUT2D eigenvalue weighted by Crippen LogP contribution is -1.92. The molecule has 108 valence electrons. The molecule has 0 atom stereocenters. The number of aromatic nitrogens is 2. The Morgan fingerprint density at radius 1 is 1.14 bits per heavy atom. The third-order valence-corrected chi connectivity index (χ3v) is 4.25.